The topological polar surface area (TPSA) is 257 Å². The van der Waals surface area contributed by atoms with Crippen molar-refractivity contribution < 1.29 is 70.0 Å². The van der Waals surface area contributed by atoms with E-state index in [4.69, 9.17) is 9.47 Å². The van der Waals surface area contributed by atoms with Gasteiger partial charge in [0, 0.05) is 54.2 Å². The van der Waals surface area contributed by atoms with Crippen molar-refractivity contribution in [1.82, 2.24) is 25.9 Å². The number of esters is 1. The number of rotatable bonds is 20. The molecular weight excluding hydrogens is 912 g/mol. The van der Waals surface area contributed by atoms with Gasteiger partial charge in [0.2, 0.25) is 31.9 Å². The van der Waals surface area contributed by atoms with E-state index in [0.717, 1.165) is 18.4 Å². The summed E-state index contributed by atoms with van der Waals surface area (Å²) in [4.78, 5) is 84.2. The van der Waals surface area contributed by atoms with Gasteiger partial charge in [0.05, 0.1) is 31.2 Å². The number of fused-ring (bicyclic) bond motifs is 5. The SMILES string of the molecule is C[C@@H]1C[C@H]2[C@@H]3C[C@H](F)C4=CC(=O)C=C[C@]4(C)[C@@]3(F)[C@@H](O)C[C@]2(C)[C@@]1(OC(=O)CCOCNC(=O)[C@H](CCC(=O)O)NC(=O)CNCCCCC#Cc1cnc(S(C)(=O)=O)nc1)C(=O)SCF. The van der Waals surface area contributed by atoms with Gasteiger partial charge >= 0.3 is 11.9 Å². The lowest BCUT2D eigenvalue weighted by atomic mass is 9.44. The summed E-state index contributed by atoms with van der Waals surface area (Å²) in [5.41, 5.74) is -7.29. The van der Waals surface area contributed by atoms with Crippen LogP contribution in [0.25, 0.3) is 0 Å². The van der Waals surface area contributed by atoms with Crippen molar-refractivity contribution in [2.75, 3.05) is 38.7 Å². The molecule has 1 aromatic heterocycles. The van der Waals surface area contributed by atoms with Gasteiger partial charge in [-0.15, -0.1) is 0 Å². The molecule has 0 unspecified atom stereocenters. The Labute approximate surface area is 385 Å². The summed E-state index contributed by atoms with van der Waals surface area (Å²) in [7, 11) is -3.52. The number of carboxylic acid groups (broad SMARTS) is 1. The number of carbonyl (C=O) groups excluding carboxylic acids is 5. The number of sulfone groups is 1. The Kier molecular flexibility index (Phi) is 17.0. The highest BCUT2D eigenvalue weighted by Crippen LogP contribution is 2.72. The molecule has 5 N–H and O–H groups in total. The molecule has 22 heteroatoms. The summed E-state index contributed by atoms with van der Waals surface area (Å²) in [6.45, 7) is 4.02. The number of aliphatic carboxylic acids is 1. The number of aliphatic hydroxyl groups excluding tert-OH is 1. The maximum Gasteiger partial charge on any atom is 0.309 e. The van der Waals surface area contributed by atoms with Crippen molar-refractivity contribution in [3.63, 3.8) is 0 Å². The van der Waals surface area contributed by atoms with E-state index in [1.54, 1.807) is 13.8 Å². The first-order valence-electron chi connectivity index (χ1n) is 21.5. The van der Waals surface area contributed by atoms with E-state index in [1.807, 2.05) is 0 Å². The molecule has 3 fully saturated rings. The first-order valence-corrected chi connectivity index (χ1v) is 24.4. The van der Waals surface area contributed by atoms with E-state index in [1.165, 1.54) is 25.4 Å². The van der Waals surface area contributed by atoms with E-state index >= 15 is 8.78 Å². The average Bonchev–Trinajstić information content (AvgIpc) is 3.46. The molecule has 2 amide bonds. The average molecular weight is 968 g/mol. The highest BCUT2D eigenvalue weighted by atomic mass is 32.2. The van der Waals surface area contributed by atoms with Gasteiger partial charge in [-0.2, -0.15) is 0 Å². The fourth-order valence-electron chi connectivity index (χ4n) is 10.3. The van der Waals surface area contributed by atoms with Crippen molar-refractivity contribution in [3.8, 4) is 11.8 Å². The number of ketones is 1. The third kappa shape index (κ3) is 10.9. The van der Waals surface area contributed by atoms with Crippen LogP contribution in [0.1, 0.15) is 84.1 Å². The third-order valence-corrected chi connectivity index (χ3v) is 15.0. The molecule has 1 heterocycles. The second-order valence-electron chi connectivity index (χ2n) is 17.6. The number of allylic oxidation sites excluding steroid dienone is 4. The monoisotopic (exact) mass is 967 g/mol. The number of halogens is 3. The number of hydrogen-bond donors (Lipinski definition) is 5. The van der Waals surface area contributed by atoms with Crippen LogP contribution in [0, 0.1) is 40.4 Å². The smallest absolute Gasteiger partial charge is 0.309 e. The molecule has 17 nitrogen and oxygen atoms in total. The molecule has 0 bridgehead atoms. The van der Waals surface area contributed by atoms with Crippen LogP contribution in [-0.2, 0) is 48.1 Å². The Hall–Kier alpha value is -4.69. The van der Waals surface area contributed by atoms with Gasteiger partial charge in [-0.1, -0.05) is 31.8 Å². The van der Waals surface area contributed by atoms with Crippen molar-refractivity contribution in [2.24, 2.45) is 28.6 Å². The number of carboxylic acids is 1. The van der Waals surface area contributed by atoms with E-state index in [2.05, 4.69) is 37.8 Å². The molecule has 0 spiro atoms. The van der Waals surface area contributed by atoms with Crippen LogP contribution in [0.4, 0.5) is 13.2 Å². The lowest BCUT2D eigenvalue weighted by molar-refractivity contribution is -0.229. The Morgan fingerprint density at radius 3 is 2.47 bits per heavy atom. The molecule has 4 aliphatic rings. The van der Waals surface area contributed by atoms with E-state index in [9.17, 15) is 51.8 Å². The Morgan fingerprint density at radius 1 is 1.09 bits per heavy atom. The minimum Gasteiger partial charge on any atom is -0.481 e. The first kappa shape index (κ1) is 52.3. The van der Waals surface area contributed by atoms with Crippen LogP contribution >= 0.6 is 11.8 Å². The number of amides is 2. The number of hydrogen-bond acceptors (Lipinski definition) is 15. The molecule has 5 rings (SSSR count). The molecule has 362 valence electrons. The lowest BCUT2D eigenvalue weighted by Gasteiger charge is -2.63. The molecule has 1 aromatic rings. The molecular formula is C44H56F3N5O12S2. The van der Waals surface area contributed by atoms with Gasteiger partial charge in [0.1, 0.15) is 25.0 Å². The highest BCUT2D eigenvalue weighted by Gasteiger charge is 2.78. The number of nitrogens with zero attached hydrogens (tertiary/aromatic N) is 2. The van der Waals surface area contributed by atoms with Gasteiger partial charge < -0.3 is 35.6 Å². The zero-order valence-electron chi connectivity index (χ0n) is 37.1. The van der Waals surface area contributed by atoms with Crippen molar-refractivity contribution >= 4 is 56.3 Å². The van der Waals surface area contributed by atoms with E-state index in [-0.39, 0.29) is 48.5 Å². The first-order chi connectivity index (χ1) is 31.0. The van der Waals surface area contributed by atoms with Gasteiger partial charge in [0.15, 0.2) is 17.1 Å². The van der Waals surface area contributed by atoms with Crippen LogP contribution in [0.5, 0.6) is 0 Å². The maximum atomic E-state index is 17.7. The van der Waals surface area contributed by atoms with Crippen molar-refractivity contribution in [3.05, 3.63) is 41.8 Å². The fourth-order valence-corrected chi connectivity index (χ4v) is 11.5. The molecule has 4 aliphatic carbocycles. The minimum atomic E-state index is -3.52. The molecule has 0 saturated heterocycles. The number of carbonyl (C=O) groups is 6. The Bertz CT molecular complexity index is 2280. The summed E-state index contributed by atoms with van der Waals surface area (Å²) in [6.07, 6.45) is 3.51. The van der Waals surface area contributed by atoms with Crippen LogP contribution in [0.2, 0.25) is 0 Å². The molecule has 10 atom stereocenters. The summed E-state index contributed by atoms with van der Waals surface area (Å²) in [5, 5.41) is 27.6. The standard InChI is InChI=1S/C44H56F3N5O12S2/c1-26-17-29-30-19-32(46)31-18-28(53)12-14-41(31,2)43(30,47)34(54)20-42(29,3)44(26,39(60)65-24-45)64-37(58)13-16-63-25-51-38(59)33(10-11-36(56)57)52-35(55)23-48-15-8-6-5-7-9-27-21-49-40(50-22-27)66(4,61)62/h12,14,18,21-22,26,29-30,32-34,48,54H,5-6,8,10-11,13,15-17,19-20,23-25H2,1-4H3,(H,51,59)(H,52,55)(H,56,57)/t26-,29+,30+,32+,33+,34+,41+,42+,43+,44+/m1/s1. The number of alkyl halides is 3. The molecule has 0 aliphatic heterocycles. The van der Waals surface area contributed by atoms with E-state index in [0.29, 0.717) is 31.4 Å². The minimum absolute atomic E-state index is 0.0749. The van der Waals surface area contributed by atoms with E-state index < -0.39 is 141 Å². The quantitative estimate of drug-likeness (QED) is 0.0414. The molecule has 0 radical (unpaired) electrons. The predicted molar refractivity (Wildman–Crippen MR) is 232 cm³/mol. The number of unbranched alkanes of at least 4 members (excludes halogenated alkanes) is 2. The summed E-state index contributed by atoms with van der Waals surface area (Å²) in [5.74, 6) is -1.03. The highest BCUT2D eigenvalue weighted by molar-refractivity contribution is 8.13. The number of nitrogens with one attached hydrogen (secondary N) is 3. The van der Waals surface area contributed by atoms with Gasteiger partial charge in [-0.05, 0) is 87.4 Å². The maximum absolute atomic E-state index is 17.7. The van der Waals surface area contributed by atoms with Gasteiger partial charge in [-0.3, -0.25) is 28.8 Å². The van der Waals surface area contributed by atoms with Crippen molar-refractivity contribution in [1.29, 1.82) is 0 Å². The number of thioether (sulfide) groups is 1. The Morgan fingerprint density at radius 2 is 1.80 bits per heavy atom. The summed E-state index contributed by atoms with van der Waals surface area (Å²) < 4.78 is 81.9. The summed E-state index contributed by atoms with van der Waals surface area (Å²) >= 11 is 0.272. The van der Waals surface area contributed by atoms with Gasteiger partial charge in [0.25, 0.3) is 0 Å². The normalized spacial score (nSPS) is 30.3. The zero-order valence-corrected chi connectivity index (χ0v) is 38.7. The van der Waals surface area contributed by atoms with Crippen molar-refractivity contribution in [2.45, 2.75) is 113 Å². The number of aromatic nitrogens is 2. The molecule has 0 aromatic carbocycles. The fraction of sp³-hybridized carbons (Fsp3) is 0.636. The zero-order chi connectivity index (χ0) is 48.7. The Balaban J connectivity index is 1.11. The largest absolute Gasteiger partial charge is 0.481 e. The number of ether oxygens (including phenoxy) is 2. The van der Waals surface area contributed by atoms with Gasteiger partial charge in [-0.25, -0.2) is 31.6 Å². The lowest BCUT2D eigenvalue weighted by Crippen LogP contribution is -2.70. The number of aliphatic hydroxyl groups is 1. The predicted octanol–water partition coefficient (Wildman–Crippen LogP) is 2.86. The second kappa shape index (κ2) is 21.5. The second-order valence-corrected chi connectivity index (χ2v) is 20.4. The van der Waals surface area contributed by atoms with Crippen LogP contribution in [0.3, 0.4) is 0 Å². The van der Waals surface area contributed by atoms with Crippen LogP contribution in [-0.4, -0.2) is 132 Å². The molecule has 3 saturated carbocycles. The van der Waals surface area contributed by atoms with Crippen LogP contribution < -0.4 is 16.0 Å². The third-order valence-electron chi connectivity index (χ3n) is 13.4. The molecule has 66 heavy (non-hydrogen) atoms. The van der Waals surface area contributed by atoms with Crippen LogP contribution in [0.15, 0.2) is 41.4 Å². The summed E-state index contributed by atoms with van der Waals surface area (Å²) in [6, 6.07) is -2.42.